The zero-order valence-electron chi connectivity index (χ0n) is 25.0. The van der Waals surface area contributed by atoms with Crippen molar-refractivity contribution in [3.63, 3.8) is 0 Å². The second-order valence-electron chi connectivity index (χ2n) is 10.6. The van der Waals surface area contributed by atoms with Gasteiger partial charge in [-0.15, -0.1) is 0 Å². The Hall–Kier alpha value is -2.97. The maximum absolute atomic E-state index is 14.0. The number of hydrogen-bond donors (Lipinski definition) is 0. The van der Waals surface area contributed by atoms with E-state index in [4.69, 9.17) is 19.2 Å². The number of benzene rings is 3. The molecule has 1 aliphatic rings. The van der Waals surface area contributed by atoms with Crippen LogP contribution in [0.1, 0.15) is 61.9 Å². The molecule has 0 aliphatic carbocycles. The minimum atomic E-state index is -0.652. The molecule has 0 saturated heterocycles. The van der Waals surface area contributed by atoms with Crippen molar-refractivity contribution >= 4 is 68.6 Å². The SMILES string of the molecule is CCOC(=O)C1=C(C)N=c2sc(=Cc3cc(I)c(OCc4ccc(I)cc4)c(OC)c3)c(=O)n2[C@H]1c1ccc(C(C)C)cc1. The third-order valence-electron chi connectivity index (χ3n) is 7.28. The zero-order valence-corrected chi connectivity index (χ0v) is 30.2. The molecule has 1 aliphatic heterocycles. The predicted octanol–water partition coefficient (Wildman–Crippen LogP) is 6.72. The highest BCUT2D eigenvalue weighted by Crippen LogP contribution is 2.35. The van der Waals surface area contributed by atoms with E-state index in [-0.39, 0.29) is 12.2 Å². The molecule has 44 heavy (non-hydrogen) atoms. The number of methoxy groups -OCH3 is 1. The number of carbonyl (C=O) groups excluding carboxylic acids is 1. The first kappa shape index (κ1) is 32.4. The summed E-state index contributed by atoms with van der Waals surface area (Å²) in [6, 6.07) is 19.4. The summed E-state index contributed by atoms with van der Waals surface area (Å²) in [6.07, 6.45) is 1.83. The van der Waals surface area contributed by atoms with E-state index in [0.29, 0.717) is 44.6 Å². The van der Waals surface area contributed by atoms with Crippen LogP contribution in [-0.2, 0) is 16.1 Å². The van der Waals surface area contributed by atoms with Crippen LogP contribution in [0.2, 0.25) is 0 Å². The lowest BCUT2D eigenvalue weighted by Gasteiger charge is -2.25. The van der Waals surface area contributed by atoms with Gasteiger partial charge in [0.25, 0.3) is 5.56 Å². The molecule has 0 spiro atoms. The first-order valence-electron chi connectivity index (χ1n) is 14.2. The Bertz CT molecular complexity index is 1910. The van der Waals surface area contributed by atoms with E-state index in [1.807, 2.05) is 66.7 Å². The molecule has 0 unspecified atom stereocenters. The van der Waals surface area contributed by atoms with Gasteiger partial charge in [0.2, 0.25) is 0 Å². The normalized spacial score (nSPS) is 14.8. The fourth-order valence-corrected chi connectivity index (χ4v) is 7.21. The molecule has 1 atom stereocenters. The minimum Gasteiger partial charge on any atom is -0.493 e. The van der Waals surface area contributed by atoms with Gasteiger partial charge in [-0.05, 0) is 118 Å². The monoisotopic (exact) mass is 834 g/mol. The standard InChI is InChI=1S/C34H32I2N2O5S/c1-6-42-33(40)29-20(4)37-34-38(30(29)24-11-9-23(10-12-24)19(2)3)32(39)28(44-34)17-22-15-26(36)31(27(16-22)41-5)43-18-21-7-13-25(35)14-8-21/h7-17,19,30H,6,18H2,1-5H3/t30-/m0/s1. The van der Waals surface area contributed by atoms with Crippen molar-refractivity contribution in [3.8, 4) is 11.5 Å². The average Bonchev–Trinajstić information content (AvgIpc) is 3.30. The number of hydrogen-bond acceptors (Lipinski definition) is 7. The number of aromatic nitrogens is 1. The van der Waals surface area contributed by atoms with E-state index in [9.17, 15) is 9.59 Å². The molecule has 1 aromatic heterocycles. The molecule has 4 aromatic rings. The third-order valence-corrected chi connectivity index (χ3v) is 9.79. The highest BCUT2D eigenvalue weighted by Gasteiger charge is 2.33. The van der Waals surface area contributed by atoms with Crippen LogP contribution in [0.15, 0.2) is 81.7 Å². The van der Waals surface area contributed by atoms with E-state index in [0.717, 1.165) is 23.8 Å². The number of halogens is 2. The fourth-order valence-electron chi connectivity index (χ4n) is 5.02. The lowest BCUT2D eigenvalue weighted by Crippen LogP contribution is -2.39. The molecule has 0 radical (unpaired) electrons. The second kappa shape index (κ2) is 14.0. The molecular weight excluding hydrogens is 802 g/mol. The lowest BCUT2D eigenvalue weighted by molar-refractivity contribution is -0.139. The highest BCUT2D eigenvalue weighted by atomic mass is 127. The molecule has 0 amide bonds. The van der Waals surface area contributed by atoms with Crippen molar-refractivity contribution < 1.29 is 19.0 Å². The molecule has 10 heteroatoms. The van der Waals surface area contributed by atoms with Crippen LogP contribution in [0, 0.1) is 7.14 Å². The van der Waals surface area contributed by atoms with Crippen molar-refractivity contribution in [2.45, 2.75) is 46.3 Å². The Morgan fingerprint density at radius 1 is 1.09 bits per heavy atom. The average molecular weight is 835 g/mol. The Labute approximate surface area is 287 Å². The molecule has 0 saturated carbocycles. The quantitative estimate of drug-likeness (QED) is 0.138. The number of carbonyl (C=O) groups is 1. The number of ether oxygens (including phenoxy) is 3. The maximum Gasteiger partial charge on any atom is 0.338 e. The summed E-state index contributed by atoms with van der Waals surface area (Å²) in [5.41, 5.74) is 4.53. The van der Waals surface area contributed by atoms with Crippen LogP contribution >= 0.6 is 56.5 Å². The van der Waals surface area contributed by atoms with Gasteiger partial charge in [-0.3, -0.25) is 9.36 Å². The van der Waals surface area contributed by atoms with Crippen LogP contribution in [0.4, 0.5) is 0 Å². The largest absolute Gasteiger partial charge is 0.493 e. The van der Waals surface area contributed by atoms with Crippen molar-refractivity contribution in [3.05, 3.63) is 121 Å². The van der Waals surface area contributed by atoms with Crippen LogP contribution < -0.4 is 24.4 Å². The first-order valence-corrected chi connectivity index (χ1v) is 17.1. The Morgan fingerprint density at radius 3 is 2.43 bits per heavy atom. The highest BCUT2D eigenvalue weighted by molar-refractivity contribution is 14.1. The van der Waals surface area contributed by atoms with Gasteiger partial charge in [-0.1, -0.05) is 61.6 Å². The van der Waals surface area contributed by atoms with Gasteiger partial charge in [-0.2, -0.15) is 0 Å². The molecular formula is C34H32I2N2O5S. The second-order valence-corrected chi connectivity index (χ2v) is 14.0. The number of rotatable bonds is 9. The molecule has 7 nitrogen and oxygen atoms in total. The van der Waals surface area contributed by atoms with E-state index >= 15 is 0 Å². The Balaban J connectivity index is 1.57. The summed E-state index contributed by atoms with van der Waals surface area (Å²) >= 11 is 5.80. The van der Waals surface area contributed by atoms with E-state index in [1.54, 1.807) is 25.5 Å². The summed E-state index contributed by atoms with van der Waals surface area (Å²) in [5.74, 6) is 1.10. The van der Waals surface area contributed by atoms with Crippen LogP contribution in [0.25, 0.3) is 6.08 Å². The summed E-state index contributed by atoms with van der Waals surface area (Å²) in [4.78, 5) is 32.5. The van der Waals surface area contributed by atoms with Crippen LogP contribution in [-0.4, -0.2) is 24.3 Å². The fraction of sp³-hybridized carbons (Fsp3) is 0.265. The van der Waals surface area contributed by atoms with Gasteiger partial charge < -0.3 is 14.2 Å². The Kier molecular flexibility index (Phi) is 10.3. The topological polar surface area (TPSA) is 79.1 Å². The van der Waals surface area contributed by atoms with Crippen LogP contribution in [0.5, 0.6) is 11.5 Å². The number of thiazole rings is 1. The van der Waals surface area contributed by atoms with Gasteiger partial charge in [0.1, 0.15) is 6.61 Å². The molecule has 5 rings (SSSR count). The molecule has 0 bridgehead atoms. The molecule has 0 fully saturated rings. The summed E-state index contributed by atoms with van der Waals surface area (Å²) in [5, 5.41) is 0. The summed E-state index contributed by atoms with van der Waals surface area (Å²) in [6.45, 7) is 8.45. The van der Waals surface area contributed by atoms with E-state index < -0.39 is 12.0 Å². The number of allylic oxidation sites excluding steroid dienone is 1. The van der Waals surface area contributed by atoms with Gasteiger partial charge in [0.05, 0.1) is 39.1 Å². The van der Waals surface area contributed by atoms with Crippen LogP contribution in [0.3, 0.4) is 0 Å². The minimum absolute atomic E-state index is 0.226. The lowest BCUT2D eigenvalue weighted by atomic mass is 9.93. The number of nitrogens with zero attached hydrogens (tertiary/aromatic N) is 2. The smallest absolute Gasteiger partial charge is 0.338 e. The predicted molar refractivity (Wildman–Crippen MR) is 190 cm³/mol. The summed E-state index contributed by atoms with van der Waals surface area (Å²) in [7, 11) is 1.60. The molecule has 3 aromatic carbocycles. The van der Waals surface area contributed by atoms with Crippen molar-refractivity contribution in [1.29, 1.82) is 0 Å². The number of fused-ring (bicyclic) bond motifs is 1. The first-order chi connectivity index (χ1) is 21.1. The number of esters is 1. The summed E-state index contributed by atoms with van der Waals surface area (Å²) < 4.78 is 21.4. The molecule has 228 valence electrons. The van der Waals surface area contributed by atoms with Crippen molar-refractivity contribution in [2.24, 2.45) is 4.99 Å². The zero-order chi connectivity index (χ0) is 31.5. The van der Waals surface area contributed by atoms with E-state index in [1.165, 1.54) is 16.9 Å². The molecule has 2 heterocycles. The van der Waals surface area contributed by atoms with Crippen molar-refractivity contribution in [2.75, 3.05) is 13.7 Å². The van der Waals surface area contributed by atoms with Gasteiger partial charge in [0.15, 0.2) is 16.3 Å². The van der Waals surface area contributed by atoms with Crippen molar-refractivity contribution in [1.82, 2.24) is 4.57 Å². The van der Waals surface area contributed by atoms with Gasteiger partial charge in [-0.25, -0.2) is 9.79 Å². The van der Waals surface area contributed by atoms with Gasteiger partial charge in [0, 0.05) is 3.57 Å². The Morgan fingerprint density at radius 2 is 1.80 bits per heavy atom. The van der Waals surface area contributed by atoms with Gasteiger partial charge >= 0.3 is 5.97 Å². The maximum atomic E-state index is 14.0. The van der Waals surface area contributed by atoms with E-state index in [2.05, 4.69) is 59.0 Å². The molecule has 0 N–H and O–H groups in total. The third kappa shape index (κ3) is 6.81.